The molecule has 0 unspecified atom stereocenters. The van der Waals surface area contributed by atoms with Crippen molar-refractivity contribution >= 4 is 12.1 Å². The van der Waals surface area contributed by atoms with Gasteiger partial charge in [0, 0.05) is 11.5 Å². The predicted octanol–water partition coefficient (Wildman–Crippen LogP) is 1.11. The van der Waals surface area contributed by atoms with Crippen LogP contribution in [-0.2, 0) is 14.3 Å². The SMILES string of the molecule is COC(=O)[C@@H](N=[N+]=[N-])[C@@H](O)CCNC(=O)OC(C)(C)C. The zero-order valence-electron chi connectivity index (χ0n) is 12.0. The molecule has 0 fully saturated rings. The fourth-order valence-corrected chi connectivity index (χ4v) is 1.25. The van der Waals surface area contributed by atoms with E-state index >= 15 is 0 Å². The summed E-state index contributed by atoms with van der Waals surface area (Å²) in [5.41, 5.74) is 7.70. The number of esters is 1. The van der Waals surface area contributed by atoms with Crippen LogP contribution >= 0.6 is 0 Å². The number of aliphatic hydroxyl groups excluding tert-OH is 1. The van der Waals surface area contributed by atoms with Crippen molar-refractivity contribution in [2.75, 3.05) is 13.7 Å². The Morgan fingerprint density at radius 3 is 2.50 bits per heavy atom. The van der Waals surface area contributed by atoms with Crippen LogP contribution in [0.1, 0.15) is 27.2 Å². The highest BCUT2D eigenvalue weighted by Crippen LogP contribution is 2.08. The molecule has 0 radical (unpaired) electrons. The van der Waals surface area contributed by atoms with E-state index in [0.29, 0.717) is 0 Å². The molecule has 9 heteroatoms. The van der Waals surface area contributed by atoms with Gasteiger partial charge >= 0.3 is 12.1 Å². The molecule has 114 valence electrons. The first-order chi connectivity index (χ1) is 9.21. The number of nitrogens with one attached hydrogen (secondary N) is 1. The molecule has 0 aromatic rings. The number of aliphatic hydroxyl groups is 1. The summed E-state index contributed by atoms with van der Waals surface area (Å²) in [5, 5.41) is 15.3. The number of nitrogens with zero attached hydrogens (tertiary/aromatic N) is 3. The molecule has 0 bridgehead atoms. The molecule has 2 atom stereocenters. The Kier molecular flexibility index (Phi) is 7.42. The van der Waals surface area contributed by atoms with Gasteiger partial charge in [-0.3, -0.25) is 4.79 Å². The zero-order valence-corrected chi connectivity index (χ0v) is 12.0. The van der Waals surface area contributed by atoms with Crippen molar-refractivity contribution in [3.05, 3.63) is 10.4 Å². The van der Waals surface area contributed by atoms with Crippen molar-refractivity contribution in [3.8, 4) is 0 Å². The van der Waals surface area contributed by atoms with Crippen LogP contribution in [0.25, 0.3) is 10.4 Å². The van der Waals surface area contributed by atoms with Gasteiger partial charge in [-0.05, 0) is 32.7 Å². The fraction of sp³-hybridized carbons (Fsp3) is 0.818. The van der Waals surface area contributed by atoms with Crippen molar-refractivity contribution in [2.24, 2.45) is 5.11 Å². The summed E-state index contributed by atoms with van der Waals surface area (Å²) in [4.78, 5) is 25.1. The maximum Gasteiger partial charge on any atom is 0.407 e. The first-order valence-electron chi connectivity index (χ1n) is 5.98. The number of hydrogen-bond donors (Lipinski definition) is 2. The van der Waals surface area contributed by atoms with Gasteiger partial charge in [-0.25, -0.2) is 4.79 Å². The number of carbonyl (C=O) groups is 2. The minimum absolute atomic E-state index is 0.0119. The number of methoxy groups -OCH3 is 1. The molecule has 0 spiro atoms. The molecule has 0 aliphatic rings. The van der Waals surface area contributed by atoms with Crippen LogP contribution in [0.3, 0.4) is 0 Å². The number of hydrogen-bond acceptors (Lipinski definition) is 6. The molecule has 9 nitrogen and oxygen atoms in total. The summed E-state index contributed by atoms with van der Waals surface area (Å²) in [6, 6.07) is -1.34. The number of azide groups is 1. The predicted molar refractivity (Wildman–Crippen MR) is 69.8 cm³/mol. The van der Waals surface area contributed by atoms with E-state index in [-0.39, 0.29) is 13.0 Å². The highest BCUT2D eigenvalue weighted by atomic mass is 16.6. The average molecular weight is 288 g/mol. The summed E-state index contributed by atoms with van der Waals surface area (Å²) in [6.45, 7) is 5.22. The molecule has 0 heterocycles. The Labute approximate surface area is 116 Å². The topological polar surface area (TPSA) is 134 Å². The van der Waals surface area contributed by atoms with Gasteiger partial charge in [-0.1, -0.05) is 5.11 Å². The van der Waals surface area contributed by atoms with Crippen molar-refractivity contribution in [1.29, 1.82) is 0 Å². The molecular formula is C11H20N4O5. The van der Waals surface area contributed by atoms with E-state index in [1.807, 2.05) is 0 Å². The fourth-order valence-electron chi connectivity index (χ4n) is 1.25. The molecule has 0 aromatic carbocycles. The largest absolute Gasteiger partial charge is 0.469 e. The highest BCUT2D eigenvalue weighted by molar-refractivity contribution is 5.76. The molecule has 0 saturated heterocycles. The smallest absolute Gasteiger partial charge is 0.407 e. The summed E-state index contributed by atoms with van der Waals surface area (Å²) in [6.07, 6.45) is -1.88. The van der Waals surface area contributed by atoms with Crippen LogP contribution in [0, 0.1) is 0 Å². The first kappa shape index (κ1) is 18.0. The van der Waals surface area contributed by atoms with Gasteiger partial charge < -0.3 is 19.9 Å². The second-order valence-electron chi connectivity index (χ2n) is 4.96. The molecule has 0 aromatic heterocycles. The first-order valence-corrected chi connectivity index (χ1v) is 5.98. The third-order valence-electron chi connectivity index (χ3n) is 2.09. The van der Waals surface area contributed by atoms with Crippen molar-refractivity contribution in [3.63, 3.8) is 0 Å². The summed E-state index contributed by atoms with van der Waals surface area (Å²) in [5.74, 6) is -0.840. The normalized spacial score (nSPS) is 13.7. The molecule has 0 rings (SSSR count). The second kappa shape index (κ2) is 8.23. The van der Waals surface area contributed by atoms with Crippen LogP contribution in [0.15, 0.2) is 5.11 Å². The molecule has 20 heavy (non-hydrogen) atoms. The van der Waals surface area contributed by atoms with Gasteiger partial charge in [-0.15, -0.1) is 0 Å². The molecule has 0 aliphatic heterocycles. The minimum atomic E-state index is -1.34. The van der Waals surface area contributed by atoms with E-state index in [0.717, 1.165) is 7.11 Å². The van der Waals surface area contributed by atoms with Crippen LogP contribution < -0.4 is 5.32 Å². The van der Waals surface area contributed by atoms with Crippen molar-refractivity contribution in [1.82, 2.24) is 5.32 Å². The lowest BCUT2D eigenvalue weighted by molar-refractivity contribution is -0.144. The summed E-state index contributed by atoms with van der Waals surface area (Å²) < 4.78 is 9.39. The molecule has 0 saturated carbocycles. The Morgan fingerprint density at radius 2 is 2.05 bits per heavy atom. The van der Waals surface area contributed by atoms with Gasteiger partial charge in [0.25, 0.3) is 0 Å². The van der Waals surface area contributed by atoms with E-state index in [9.17, 15) is 14.7 Å². The van der Waals surface area contributed by atoms with E-state index in [2.05, 4.69) is 20.1 Å². The lowest BCUT2D eigenvalue weighted by atomic mass is 10.1. The van der Waals surface area contributed by atoms with E-state index in [1.165, 1.54) is 0 Å². The van der Waals surface area contributed by atoms with E-state index in [4.69, 9.17) is 10.3 Å². The molecule has 2 N–H and O–H groups in total. The number of rotatable bonds is 6. The summed E-state index contributed by atoms with van der Waals surface area (Å²) in [7, 11) is 1.12. The Bertz CT molecular complexity index is 387. The van der Waals surface area contributed by atoms with Gasteiger partial charge in [0.1, 0.15) is 5.60 Å². The lowest BCUT2D eigenvalue weighted by Gasteiger charge is -2.20. The van der Waals surface area contributed by atoms with Gasteiger partial charge in [0.05, 0.1) is 13.2 Å². The maximum absolute atomic E-state index is 11.3. The lowest BCUT2D eigenvalue weighted by Crippen LogP contribution is -2.38. The highest BCUT2D eigenvalue weighted by Gasteiger charge is 2.26. The van der Waals surface area contributed by atoms with Crippen molar-refractivity contribution in [2.45, 2.75) is 44.9 Å². The summed E-state index contributed by atoms with van der Waals surface area (Å²) >= 11 is 0. The zero-order chi connectivity index (χ0) is 15.8. The monoisotopic (exact) mass is 288 g/mol. The number of carbonyl (C=O) groups excluding carboxylic acids is 2. The Hall–Kier alpha value is -1.99. The van der Waals surface area contributed by atoms with Gasteiger partial charge in [0.15, 0.2) is 6.04 Å². The molecule has 0 aliphatic carbocycles. The quantitative estimate of drug-likeness (QED) is 0.327. The third kappa shape index (κ3) is 7.45. The molecule has 1 amide bonds. The van der Waals surface area contributed by atoms with Crippen molar-refractivity contribution < 1.29 is 24.2 Å². The van der Waals surface area contributed by atoms with Crippen LogP contribution in [0.4, 0.5) is 4.79 Å². The number of alkyl carbamates (subject to hydrolysis) is 1. The second-order valence-corrected chi connectivity index (χ2v) is 4.96. The Morgan fingerprint density at radius 1 is 1.45 bits per heavy atom. The van der Waals surface area contributed by atoms with Crippen LogP contribution in [0.5, 0.6) is 0 Å². The Balaban J connectivity index is 4.26. The van der Waals surface area contributed by atoms with E-state index in [1.54, 1.807) is 20.8 Å². The average Bonchev–Trinajstić information content (AvgIpc) is 2.32. The standard InChI is InChI=1S/C11H20N4O5/c1-11(2,3)20-10(18)13-6-5-7(16)8(14-15-12)9(17)19-4/h7-8,16H,5-6H2,1-4H3,(H,13,18)/t7-,8-/m0/s1. The van der Waals surface area contributed by atoms with Gasteiger partial charge in [0.2, 0.25) is 0 Å². The third-order valence-corrected chi connectivity index (χ3v) is 2.09. The number of ether oxygens (including phenoxy) is 2. The van der Waals surface area contributed by atoms with E-state index < -0.39 is 29.8 Å². The maximum atomic E-state index is 11.3. The van der Waals surface area contributed by atoms with Crippen LogP contribution in [0.2, 0.25) is 0 Å². The van der Waals surface area contributed by atoms with Crippen LogP contribution in [-0.4, -0.2) is 48.6 Å². The minimum Gasteiger partial charge on any atom is -0.469 e. The van der Waals surface area contributed by atoms with Gasteiger partial charge in [-0.2, -0.15) is 0 Å². The molecular weight excluding hydrogens is 268 g/mol. The number of amides is 1.